The fraction of sp³-hybridized carbons (Fsp3) is 0.389. The van der Waals surface area contributed by atoms with E-state index in [1.165, 1.54) is 0 Å². The van der Waals surface area contributed by atoms with Gasteiger partial charge >= 0.3 is 0 Å². The number of rotatable bonds is 7. The molecule has 0 unspecified atom stereocenters. The fourth-order valence-corrected chi connectivity index (χ4v) is 3.59. The predicted octanol–water partition coefficient (Wildman–Crippen LogP) is 4.12. The average Bonchev–Trinajstić information content (AvgIpc) is 3.41. The molecule has 1 aliphatic carbocycles. The minimum atomic E-state index is 0.264. The van der Waals surface area contributed by atoms with Gasteiger partial charge in [0.2, 0.25) is 5.95 Å². The molecule has 0 amide bonds. The smallest absolute Gasteiger partial charge is 0.235 e. The normalized spacial score (nSPS) is 14.9. The van der Waals surface area contributed by atoms with E-state index < -0.39 is 0 Å². The standard InChI is InChI=1S/C18H20ClN7S/c1-11-5-13(8-20-7-11)17-23-24-18(26(17)15-3-4-15)25-27-12(2)6-16-21-9-14(19)10-22-16/h5,7-10,12,15H,3-4,6H2,1-2H3,(H,24,25)/t12-/m0/s1. The first-order chi connectivity index (χ1) is 13.1. The van der Waals surface area contributed by atoms with Crippen LogP contribution in [-0.2, 0) is 6.42 Å². The third-order valence-corrected chi connectivity index (χ3v) is 5.30. The van der Waals surface area contributed by atoms with Crippen molar-refractivity contribution in [2.75, 3.05) is 4.72 Å². The zero-order valence-electron chi connectivity index (χ0n) is 15.1. The first-order valence-electron chi connectivity index (χ1n) is 8.85. The summed E-state index contributed by atoms with van der Waals surface area (Å²) in [4.78, 5) is 12.8. The largest absolute Gasteiger partial charge is 0.298 e. The van der Waals surface area contributed by atoms with Gasteiger partial charge in [0.25, 0.3) is 0 Å². The number of pyridine rings is 1. The van der Waals surface area contributed by atoms with Gasteiger partial charge in [0, 0.05) is 48.1 Å². The van der Waals surface area contributed by atoms with Crippen LogP contribution >= 0.6 is 23.5 Å². The molecule has 0 aromatic carbocycles. The maximum absolute atomic E-state index is 5.84. The van der Waals surface area contributed by atoms with Crippen LogP contribution in [0.25, 0.3) is 11.4 Å². The number of nitrogens with zero attached hydrogens (tertiary/aromatic N) is 6. The lowest BCUT2D eigenvalue weighted by Gasteiger charge is -2.13. The van der Waals surface area contributed by atoms with Gasteiger partial charge in [-0.15, -0.1) is 10.2 Å². The second-order valence-corrected chi connectivity index (χ2v) is 8.43. The van der Waals surface area contributed by atoms with Crippen molar-refractivity contribution in [3.63, 3.8) is 0 Å². The Kier molecular flexibility index (Phi) is 5.27. The highest BCUT2D eigenvalue weighted by atomic mass is 35.5. The summed E-state index contributed by atoms with van der Waals surface area (Å²) in [6.45, 7) is 4.16. The van der Waals surface area contributed by atoms with Crippen LogP contribution in [0.5, 0.6) is 0 Å². The highest BCUT2D eigenvalue weighted by molar-refractivity contribution is 8.01. The molecule has 27 heavy (non-hydrogen) atoms. The second-order valence-electron chi connectivity index (χ2n) is 6.75. The molecular formula is C18H20ClN7S. The third kappa shape index (κ3) is 4.39. The van der Waals surface area contributed by atoms with Crippen molar-refractivity contribution >= 4 is 29.5 Å². The molecule has 3 aromatic rings. The highest BCUT2D eigenvalue weighted by Gasteiger charge is 2.30. The molecule has 1 atom stereocenters. The van der Waals surface area contributed by atoms with E-state index in [1.807, 2.05) is 19.3 Å². The molecule has 1 fully saturated rings. The maximum Gasteiger partial charge on any atom is 0.235 e. The predicted molar refractivity (Wildman–Crippen MR) is 108 cm³/mol. The molecule has 3 aromatic heterocycles. The molecule has 4 rings (SSSR count). The van der Waals surface area contributed by atoms with Gasteiger partial charge in [-0.25, -0.2) is 9.97 Å². The van der Waals surface area contributed by atoms with Crippen molar-refractivity contribution < 1.29 is 0 Å². The summed E-state index contributed by atoms with van der Waals surface area (Å²) in [6, 6.07) is 2.54. The van der Waals surface area contributed by atoms with Gasteiger partial charge in [-0.1, -0.05) is 18.5 Å². The van der Waals surface area contributed by atoms with Gasteiger partial charge in [-0.3, -0.25) is 14.3 Å². The monoisotopic (exact) mass is 401 g/mol. The minimum Gasteiger partial charge on any atom is -0.298 e. The third-order valence-electron chi connectivity index (χ3n) is 4.24. The lowest BCUT2D eigenvalue weighted by Crippen LogP contribution is -2.10. The Hall–Kier alpha value is -2.19. The number of hydrogen-bond acceptors (Lipinski definition) is 7. The van der Waals surface area contributed by atoms with Crippen molar-refractivity contribution in [1.82, 2.24) is 29.7 Å². The van der Waals surface area contributed by atoms with Crippen molar-refractivity contribution in [3.05, 3.63) is 47.3 Å². The molecule has 3 heterocycles. The van der Waals surface area contributed by atoms with Crippen LogP contribution in [0.3, 0.4) is 0 Å². The van der Waals surface area contributed by atoms with E-state index in [4.69, 9.17) is 11.6 Å². The zero-order valence-corrected chi connectivity index (χ0v) is 16.7. The summed E-state index contributed by atoms with van der Waals surface area (Å²) in [5, 5.41) is 9.61. The van der Waals surface area contributed by atoms with Gasteiger partial charge in [0.1, 0.15) is 5.82 Å². The van der Waals surface area contributed by atoms with Gasteiger partial charge in [-0.2, -0.15) is 0 Å². The van der Waals surface area contributed by atoms with Crippen molar-refractivity contribution in [2.45, 2.75) is 44.4 Å². The molecular weight excluding hydrogens is 382 g/mol. The summed E-state index contributed by atoms with van der Waals surface area (Å²) in [7, 11) is 0. The summed E-state index contributed by atoms with van der Waals surface area (Å²) in [5.41, 5.74) is 2.10. The first kappa shape index (κ1) is 18.2. The Labute approximate surface area is 167 Å². The number of nitrogens with one attached hydrogen (secondary N) is 1. The van der Waals surface area contributed by atoms with Gasteiger partial charge in [-0.05, 0) is 43.3 Å². The molecule has 1 N–H and O–H groups in total. The lowest BCUT2D eigenvalue weighted by molar-refractivity contribution is 0.757. The Morgan fingerprint density at radius 2 is 2.00 bits per heavy atom. The van der Waals surface area contributed by atoms with Crippen LogP contribution in [0.2, 0.25) is 5.02 Å². The maximum atomic E-state index is 5.84. The SMILES string of the molecule is Cc1cncc(-c2nnc(NS[C@@H](C)Cc3ncc(Cl)cn3)n2C2CC2)c1. The van der Waals surface area contributed by atoms with Crippen LogP contribution in [-0.4, -0.2) is 35.0 Å². The molecule has 0 aliphatic heterocycles. The van der Waals surface area contributed by atoms with Gasteiger partial charge < -0.3 is 0 Å². The minimum absolute atomic E-state index is 0.264. The molecule has 1 aliphatic rings. The van der Waals surface area contributed by atoms with Crippen molar-refractivity contribution in [3.8, 4) is 11.4 Å². The highest BCUT2D eigenvalue weighted by Crippen LogP contribution is 2.40. The average molecular weight is 402 g/mol. The molecule has 9 heteroatoms. The van der Waals surface area contributed by atoms with E-state index in [-0.39, 0.29) is 5.25 Å². The molecule has 1 saturated carbocycles. The van der Waals surface area contributed by atoms with Gasteiger partial charge in [0.05, 0.1) is 5.02 Å². The summed E-state index contributed by atoms with van der Waals surface area (Å²) >= 11 is 7.44. The summed E-state index contributed by atoms with van der Waals surface area (Å²) in [5.74, 6) is 2.42. The van der Waals surface area contributed by atoms with E-state index in [2.05, 4.69) is 47.4 Å². The summed E-state index contributed by atoms with van der Waals surface area (Å²) < 4.78 is 5.56. The van der Waals surface area contributed by atoms with Crippen LogP contribution in [0, 0.1) is 6.92 Å². The Morgan fingerprint density at radius 1 is 1.22 bits per heavy atom. The number of anilines is 1. The zero-order chi connectivity index (χ0) is 18.8. The topological polar surface area (TPSA) is 81.4 Å². The Morgan fingerprint density at radius 3 is 2.70 bits per heavy atom. The van der Waals surface area contributed by atoms with Crippen molar-refractivity contribution in [2.24, 2.45) is 0 Å². The molecule has 140 valence electrons. The number of aromatic nitrogens is 6. The van der Waals surface area contributed by atoms with Crippen LogP contribution < -0.4 is 4.72 Å². The van der Waals surface area contributed by atoms with E-state index >= 15 is 0 Å². The van der Waals surface area contributed by atoms with Gasteiger partial charge in [0.15, 0.2) is 5.82 Å². The van der Waals surface area contributed by atoms with E-state index in [0.29, 0.717) is 11.1 Å². The summed E-state index contributed by atoms with van der Waals surface area (Å²) in [6.07, 6.45) is 9.97. The number of halogens is 1. The number of hydrogen-bond donors (Lipinski definition) is 1. The van der Waals surface area contributed by atoms with Crippen LogP contribution in [0.4, 0.5) is 5.95 Å². The van der Waals surface area contributed by atoms with Crippen molar-refractivity contribution in [1.29, 1.82) is 0 Å². The van der Waals surface area contributed by atoms with E-state index in [9.17, 15) is 0 Å². The van der Waals surface area contributed by atoms with Crippen LogP contribution in [0.1, 0.15) is 37.2 Å². The quantitative estimate of drug-likeness (QED) is 0.596. The Bertz CT molecular complexity index is 924. The first-order valence-corrected chi connectivity index (χ1v) is 10.1. The second kappa shape index (κ2) is 7.82. The van der Waals surface area contributed by atoms with E-state index in [1.54, 1.807) is 24.3 Å². The van der Waals surface area contributed by atoms with E-state index in [0.717, 1.165) is 48.0 Å². The van der Waals surface area contributed by atoms with Crippen LogP contribution in [0.15, 0.2) is 30.9 Å². The molecule has 0 spiro atoms. The molecule has 7 nitrogen and oxygen atoms in total. The molecule has 0 radical (unpaired) electrons. The lowest BCUT2D eigenvalue weighted by atomic mass is 10.2. The molecule has 0 saturated heterocycles. The Balaban J connectivity index is 1.47. The number of aryl methyl sites for hydroxylation is 1. The molecule has 0 bridgehead atoms. The fourth-order valence-electron chi connectivity index (χ4n) is 2.81.